The molecular formula is C12H11FN2O4S. The first-order chi connectivity index (χ1) is 9.47. The highest BCUT2D eigenvalue weighted by Crippen LogP contribution is 2.18. The summed E-state index contributed by atoms with van der Waals surface area (Å²) in [5.74, 6) is -1.89. The minimum absolute atomic E-state index is 0.123. The van der Waals surface area contributed by atoms with Gasteiger partial charge in [0.05, 0.1) is 22.9 Å². The van der Waals surface area contributed by atoms with Crippen molar-refractivity contribution in [3.8, 4) is 0 Å². The van der Waals surface area contributed by atoms with Crippen LogP contribution in [0, 0.1) is 5.82 Å². The summed E-state index contributed by atoms with van der Waals surface area (Å²) in [5, 5.41) is 11.3. The summed E-state index contributed by atoms with van der Waals surface area (Å²) >= 11 is 1.39. The second kappa shape index (κ2) is 5.91. The fourth-order valence-corrected chi connectivity index (χ4v) is 2.61. The molecule has 0 aliphatic carbocycles. The minimum Gasteiger partial charge on any atom is -0.478 e. The fourth-order valence-electron chi connectivity index (χ4n) is 1.71. The number of benzene rings is 1. The summed E-state index contributed by atoms with van der Waals surface area (Å²) in [7, 11) is 0. The van der Waals surface area contributed by atoms with Crippen molar-refractivity contribution < 1.29 is 23.9 Å². The van der Waals surface area contributed by atoms with Gasteiger partial charge in [-0.1, -0.05) is 0 Å². The second-order valence-electron chi connectivity index (χ2n) is 4.11. The van der Waals surface area contributed by atoms with Crippen LogP contribution in [0.5, 0.6) is 0 Å². The van der Waals surface area contributed by atoms with Gasteiger partial charge in [-0.25, -0.2) is 9.18 Å². The fraction of sp³-hybridized carbons (Fsp3) is 0.250. The van der Waals surface area contributed by atoms with E-state index in [1.54, 1.807) is 0 Å². The van der Waals surface area contributed by atoms with Crippen LogP contribution in [0.2, 0.25) is 0 Å². The first-order valence-corrected chi connectivity index (χ1v) is 6.81. The molecule has 1 aliphatic heterocycles. The smallest absolute Gasteiger partial charge is 0.337 e. The molecule has 1 aliphatic rings. The summed E-state index contributed by atoms with van der Waals surface area (Å²) in [4.78, 5) is 35.4. The molecular weight excluding hydrogens is 287 g/mol. The summed E-state index contributed by atoms with van der Waals surface area (Å²) in [5.41, 5.74) is -0.330. The Kier molecular flexibility index (Phi) is 4.23. The third kappa shape index (κ3) is 3.27. The van der Waals surface area contributed by atoms with Crippen LogP contribution in [0.25, 0.3) is 0 Å². The van der Waals surface area contributed by atoms with Crippen LogP contribution < -0.4 is 5.32 Å². The van der Waals surface area contributed by atoms with Gasteiger partial charge in [-0.05, 0) is 18.2 Å². The number of hydrogen-bond donors (Lipinski definition) is 2. The van der Waals surface area contributed by atoms with E-state index >= 15 is 0 Å². The summed E-state index contributed by atoms with van der Waals surface area (Å²) in [6.45, 7) is -0.179. The molecule has 2 N–H and O–H groups in total. The molecule has 0 unspecified atom stereocenters. The lowest BCUT2D eigenvalue weighted by atomic mass is 10.1. The molecule has 1 saturated heterocycles. The lowest BCUT2D eigenvalue weighted by Gasteiger charge is -2.15. The van der Waals surface area contributed by atoms with E-state index in [0.29, 0.717) is 11.6 Å². The second-order valence-corrected chi connectivity index (χ2v) is 5.07. The van der Waals surface area contributed by atoms with Crippen molar-refractivity contribution in [3.63, 3.8) is 0 Å². The van der Waals surface area contributed by atoms with E-state index in [4.69, 9.17) is 5.11 Å². The van der Waals surface area contributed by atoms with E-state index in [2.05, 4.69) is 5.32 Å². The standard InChI is InChI=1S/C12H11FN2O4S/c13-7-1-2-8(12(18)19)9(3-7)14-10(16)4-15-6-20-5-11(15)17/h1-3H,4-6H2,(H,14,16)(H,18,19). The molecule has 1 aromatic rings. The highest BCUT2D eigenvalue weighted by atomic mass is 32.2. The normalized spacial score (nSPS) is 14.4. The first-order valence-electron chi connectivity index (χ1n) is 5.65. The number of aromatic carboxylic acids is 1. The molecule has 0 saturated carbocycles. The number of amides is 2. The van der Waals surface area contributed by atoms with Crippen LogP contribution in [-0.4, -0.2) is 46.0 Å². The molecule has 8 heteroatoms. The molecule has 1 heterocycles. The Labute approximate surface area is 117 Å². The molecule has 2 rings (SSSR count). The lowest BCUT2D eigenvalue weighted by molar-refractivity contribution is -0.130. The zero-order valence-corrected chi connectivity index (χ0v) is 11.1. The lowest BCUT2D eigenvalue weighted by Crippen LogP contribution is -2.34. The van der Waals surface area contributed by atoms with Gasteiger partial charge in [-0.15, -0.1) is 11.8 Å². The largest absolute Gasteiger partial charge is 0.478 e. The van der Waals surface area contributed by atoms with Gasteiger partial charge in [0.2, 0.25) is 11.8 Å². The molecule has 6 nitrogen and oxygen atoms in total. The Hall–Kier alpha value is -2.09. The highest BCUT2D eigenvalue weighted by Gasteiger charge is 2.23. The van der Waals surface area contributed by atoms with Gasteiger partial charge in [0.1, 0.15) is 12.4 Å². The van der Waals surface area contributed by atoms with Crippen LogP contribution in [0.3, 0.4) is 0 Å². The van der Waals surface area contributed by atoms with Gasteiger partial charge in [0.15, 0.2) is 0 Å². The van der Waals surface area contributed by atoms with Crippen molar-refractivity contribution in [3.05, 3.63) is 29.6 Å². The third-order valence-electron chi connectivity index (χ3n) is 2.65. The molecule has 0 spiro atoms. The number of carbonyl (C=O) groups is 3. The Morgan fingerprint density at radius 3 is 2.80 bits per heavy atom. The van der Waals surface area contributed by atoms with E-state index in [9.17, 15) is 18.8 Å². The van der Waals surface area contributed by atoms with Gasteiger partial charge in [0, 0.05) is 0 Å². The van der Waals surface area contributed by atoms with E-state index in [0.717, 1.165) is 18.2 Å². The molecule has 0 aromatic heterocycles. The number of carboxylic acids is 1. The predicted molar refractivity (Wildman–Crippen MR) is 71.0 cm³/mol. The average molecular weight is 298 g/mol. The third-order valence-corrected chi connectivity index (χ3v) is 3.59. The number of anilines is 1. The Morgan fingerprint density at radius 1 is 1.45 bits per heavy atom. The number of nitrogens with zero attached hydrogens (tertiary/aromatic N) is 1. The zero-order chi connectivity index (χ0) is 14.7. The number of halogens is 1. The highest BCUT2D eigenvalue weighted by molar-refractivity contribution is 8.00. The molecule has 106 valence electrons. The Balaban J connectivity index is 2.09. The molecule has 1 fully saturated rings. The van der Waals surface area contributed by atoms with E-state index in [-0.39, 0.29) is 23.7 Å². The maximum Gasteiger partial charge on any atom is 0.337 e. The number of carboxylic acid groups (broad SMARTS) is 1. The molecule has 2 amide bonds. The maximum absolute atomic E-state index is 13.1. The first kappa shape index (κ1) is 14.3. The van der Waals surface area contributed by atoms with Crippen LogP contribution in [0.15, 0.2) is 18.2 Å². The van der Waals surface area contributed by atoms with Crippen LogP contribution in [0.1, 0.15) is 10.4 Å². The maximum atomic E-state index is 13.1. The SMILES string of the molecule is O=C(CN1CSCC1=O)Nc1cc(F)ccc1C(=O)O. The minimum atomic E-state index is -1.27. The summed E-state index contributed by atoms with van der Waals surface area (Å²) in [6, 6.07) is 3.01. The predicted octanol–water partition coefficient (Wildman–Crippen LogP) is 0.995. The van der Waals surface area contributed by atoms with Crippen molar-refractivity contribution in [2.24, 2.45) is 0 Å². The Morgan fingerprint density at radius 2 is 2.20 bits per heavy atom. The average Bonchev–Trinajstić information content (AvgIpc) is 2.74. The van der Waals surface area contributed by atoms with Crippen molar-refractivity contribution in [2.75, 3.05) is 23.5 Å². The van der Waals surface area contributed by atoms with E-state index in [1.807, 2.05) is 0 Å². The molecule has 20 heavy (non-hydrogen) atoms. The quantitative estimate of drug-likeness (QED) is 0.866. The molecule has 0 bridgehead atoms. The number of rotatable bonds is 4. The van der Waals surface area contributed by atoms with Gasteiger partial charge in [-0.2, -0.15) is 0 Å². The van der Waals surface area contributed by atoms with Crippen LogP contribution in [-0.2, 0) is 9.59 Å². The van der Waals surface area contributed by atoms with Crippen molar-refractivity contribution >= 4 is 35.2 Å². The number of nitrogens with one attached hydrogen (secondary N) is 1. The number of hydrogen-bond acceptors (Lipinski definition) is 4. The molecule has 0 radical (unpaired) electrons. The topological polar surface area (TPSA) is 86.7 Å². The van der Waals surface area contributed by atoms with E-state index in [1.165, 1.54) is 16.7 Å². The van der Waals surface area contributed by atoms with Crippen LogP contribution >= 0.6 is 11.8 Å². The zero-order valence-electron chi connectivity index (χ0n) is 10.3. The van der Waals surface area contributed by atoms with Crippen LogP contribution in [0.4, 0.5) is 10.1 Å². The molecule has 1 aromatic carbocycles. The summed E-state index contributed by atoms with van der Waals surface area (Å²) < 4.78 is 13.1. The van der Waals surface area contributed by atoms with Gasteiger partial charge in [0.25, 0.3) is 0 Å². The summed E-state index contributed by atoms with van der Waals surface area (Å²) in [6.07, 6.45) is 0. The Bertz CT molecular complexity index is 579. The van der Waals surface area contributed by atoms with E-state index < -0.39 is 17.7 Å². The van der Waals surface area contributed by atoms with Crippen molar-refractivity contribution in [1.29, 1.82) is 0 Å². The number of thioether (sulfide) groups is 1. The van der Waals surface area contributed by atoms with Gasteiger partial charge < -0.3 is 15.3 Å². The molecule has 0 atom stereocenters. The van der Waals surface area contributed by atoms with Crippen molar-refractivity contribution in [1.82, 2.24) is 4.90 Å². The van der Waals surface area contributed by atoms with Crippen molar-refractivity contribution in [2.45, 2.75) is 0 Å². The van der Waals surface area contributed by atoms with Gasteiger partial charge in [-0.3, -0.25) is 9.59 Å². The van der Waals surface area contributed by atoms with Gasteiger partial charge >= 0.3 is 5.97 Å². The monoisotopic (exact) mass is 298 g/mol. The number of carbonyl (C=O) groups excluding carboxylic acids is 2.